The number of rotatable bonds is 4. The van der Waals surface area contributed by atoms with Crippen molar-refractivity contribution in [1.29, 1.82) is 0 Å². The lowest BCUT2D eigenvalue weighted by molar-refractivity contribution is -0.134. The summed E-state index contributed by atoms with van der Waals surface area (Å²) in [6.07, 6.45) is 2.53. The first-order chi connectivity index (χ1) is 9.13. The summed E-state index contributed by atoms with van der Waals surface area (Å²) < 4.78 is 0. The molecule has 0 fully saturated rings. The quantitative estimate of drug-likeness (QED) is 0.904. The summed E-state index contributed by atoms with van der Waals surface area (Å²) in [6.45, 7) is 5.61. The van der Waals surface area contributed by atoms with Gasteiger partial charge in [0.1, 0.15) is 0 Å². The molecule has 0 bridgehead atoms. The summed E-state index contributed by atoms with van der Waals surface area (Å²) in [5.74, 6) is 0.816. The minimum absolute atomic E-state index is 0.0598. The molecule has 1 aliphatic rings. The fourth-order valence-electron chi connectivity index (χ4n) is 2.76. The van der Waals surface area contributed by atoms with Gasteiger partial charge >= 0.3 is 0 Å². The summed E-state index contributed by atoms with van der Waals surface area (Å²) in [6, 6.07) is 8.40. The van der Waals surface area contributed by atoms with Crippen LogP contribution in [0.25, 0.3) is 0 Å². The predicted molar refractivity (Wildman–Crippen MR) is 77.7 cm³/mol. The van der Waals surface area contributed by atoms with Crippen molar-refractivity contribution in [3.05, 3.63) is 35.4 Å². The molecule has 1 aromatic rings. The SMILES string of the molecule is CC(C)CCC(=O)N1CCc2ccccc2C1CN. The van der Waals surface area contributed by atoms with Crippen LogP contribution < -0.4 is 5.73 Å². The Hall–Kier alpha value is -1.35. The molecule has 2 N–H and O–H groups in total. The fraction of sp³-hybridized carbons (Fsp3) is 0.562. The molecule has 19 heavy (non-hydrogen) atoms. The van der Waals surface area contributed by atoms with Crippen LogP contribution in [0, 0.1) is 5.92 Å². The van der Waals surface area contributed by atoms with E-state index in [1.54, 1.807) is 0 Å². The van der Waals surface area contributed by atoms with Gasteiger partial charge in [0.15, 0.2) is 0 Å². The monoisotopic (exact) mass is 260 g/mol. The van der Waals surface area contributed by atoms with Gasteiger partial charge in [-0.15, -0.1) is 0 Å². The first-order valence-electron chi connectivity index (χ1n) is 7.20. The zero-order valence-corrected chi connectivity index (χ0v) is 11.9. The molecule has 1 aliphatic heterocycles. The molecule has 1 unspecified atom stereocenters. The van der Waals surface area contributed by atoms with Gasteiger partial charge in [0.05, 0.1) is 6.04 Å². The number of fused-ring (bicyclic) bond motifs is 1. The van der Waals surface area contributed by atoms with Crippen LogP contribution in [-0.2, 0) is 11.2 Å². The van der Waals surface area contributed by atoms with Crippen molar-refractivity contribution in [2.75, 3.05) is 13.1 Å². The predicted octanol–water partition coefficient (Wildman–Crippen LogP) is 2.51. The minimum atomic E-state index is 0.0598. The second-order valence-corrected chi connectivity index (χ2v) is 5.72. The van der Waals surface area contributed by atoms with Gasteiger partial charge in [0.25, 0.3) is 0 Å². The van der Waals surface area contributed by atoms with Crippen molar-refractivity contribution in [3.8, 4) is 0 Å². The van der Waals surface area contributed by atoms with Crippen molar-refractivity contribution >= 4 is 5.91 Å². The van der Waals surface area contributed by atoms with Crippen LogP contribution in [0.5, 0.6) is 0 Å². The van der Waals surface area contributed by atoms with Crippen LogP contribution in [0.3, 0.4) is 0 Å². The lowest BCUT2D eigenvalue weighted by atomic mass is 9.92. The highest BCUT2D eigenvalue weighted by atomic mass is 16.2. The smallest absolute Gasteiger partial charge is 0.223 e. The normalized spacial score (nSPS) is 18.5. The fourth-order valence-corrected chi connectivity index (χ4v) is 2.76. The Morgan fingerprint density at radius 2 is 2.16 bits per heavy atom. The maximum absolute atomic E-state index is 12.4. The van der Waals surface area contributed by atoms with Crippen LogP contribution in [0.1, 0.15) is 43.9 Å². The summed E-state index contributed by atoms with van der Waals surface area (Å²) in [5, 5.41) is 0. The molecule has 2 rings (SSSR count). The molecule has 3 nitrogen and oxygen atoms in total. The molecule has 0 aromatic heterocycles. The molecule has 0 spiro atoms. The third-order valence-electron chi connectivity index (χ3n) is 3.89. The van der Waals surface area contributed by atoms with E-state index >= 15 is 0 Å². The third-order valence-corrected chi connectivity index (χ3v) is 3.89. The van der Waals surface area contributed by atoms with Crippen molar-refractivity contribution in [2.45, 2.75) is 39.2 Å². The van der Waals surface area contributed by atoms with Crippen molar-refractivity contribution in [2.24, 2.45) is 11.7 Å². The van der Waals surface area contributed by atoms with Crippen LogP contribution >= 0.6 is 0 Å². The molecular formula is C16H24N2O. The first kappa shape index (κ1) is 14.1. The third kappa shape index (κ3) is 3.16. The van der Waals surface area contributed by atoms with Crippen LogP contribution in [0.15, 0.2) is 24.3 Å². The highest BCUT2D eigenvalue weighted by Crippen LogP contribution is 2.29. The second-order valence-electron chi connectivity index (χ2n) is 5.72. The zero-order chi connectivity index (χ0) is 13.8. The summed E-state index contributed by atoms with van der Waals surface area (Å²) >= 11 is 0. The standard InChI is InChI=1S/C16H24N2O/c1-12(2)7-8-16(19)18-10-9-13-5-3-4-6-14(13)15(18)11-17/h3-6,12,15H,7-11,17H2,1-2H3. The largest absolute Gasteiger partial charge is 0.334 e. The van der Waals surface area contributed by atoms with E-state index in [9.17, 15) is 4.79 Å². The van der Waals surface area contributed by atoms with Crippen LogP contribution in [-0.4, -0.2) is 23.9 Å². The second kappa shape index (κ2) is 6.20. The highest BCUT2D eigenvalue weighted by molar-refractivity contribution is 5.77. The zero-order valence-electron chi connectivity index (χ0n) is 11.9. The molecule has 0 aliphatic carbocycles. The number of nitrogens with zero attached hydrogens (tertiary/aromatic N) is 1. The lowest BCUT2D eigenvalue weighted by Crippen LogP contribution is -2.43. The van der Waals surface area contributed by atoms with Crippen molar-refractivity contribution in [1.82, 2.24) is 4.90 Å². The van der Waals surface area contributed by atoms with E-state index in [-0.39, 0.29) is 11.9 Å². The van der Waals surface area contributed by atoms with E-state index in [0.717, 1.165) is 19.4 Å². The average molecular weight is 260 g/mol. The Morgan fingerprint density at radius 3 is 2.84 bits per heavy atom. The van der Waals surface area contributed by atoms with Gasteiger partial charge in [0, 0.05) is 19.5 Å². The maximum Gasteiger partial charge on any atom is 0.223 e. The van der Waals surface area contributed by atoms with E-state index < -0.39 is 0 Å². The Labute approximate surface area is 115 Å². The molecule has 0 saturated carbocycles. The van der Waals surface area contributed by atoms with Gasteiger partial charge in [-0.05, 0) is 29.9 Å². The Bertz CT molecular complexity index is 442. The van der Waals surface area contributed by atoms with Gasteiger partial charge in [-0.3, -0.25) is 4.79 Å². The van der Waals surface area contributed by atoms with Crippen molar-refractivity contribution in [3.63, 3.8) is 0 Å². The molecule has 1 amide bonds. The number of hydrogen-bond donors (Lipinski definition) is 1. The number of carbonyl (C=O) groups is 1. The van der Waals surface area contributed by atoms with Crippen LogP contribution in [0.2, 0.25) is 0 Å². The Morgan fingerprint density at radius 1 is 1.42 bits per heavy atom. The van der Waals surface area contributed by atoms with Gasteiger partial charge < -0.3 is 10.6 Å². The summed E-state index contributed by atoms with van der Waals surface area (Å²) in [7, 11) is 0. The Kier molecular flexibility index (Phi) is 4.59. The Balaban J connectivity index is 2.13. The van der Waals surface area contributed by atoms with Crippen molar-refractivity contribution < 1.29 is 4.79 Å². The summed E-state index contributed by atoms with van der Waals surface area (Å²) in [4.78, 5) is 14.3. The number of benzene rings is 1. The van der Waals surface area contributed by atoms with Gasteiger partial charge in [-0.1, -0.05) is 38.1 Å². The van der Waals surface area contributed by atoms with E-state index in [4.69, 9.17) is 5.73 Å². The summed E-state index contributed by atoms with van der Waals surface area (Å²) in [5.41, 5.74) is 8.48. The number of hydrogen-bond acceptors (Lipinski definition) is 2. The van der Waals surface area contributed by atoms with E-state index in [2.05, 4.69) is 32.0 Å². The van der Waals surface area contributed by atoms with E-state index in [1.165, 1.54) is 11.1 Å². The van der Waals surface area contributed by atoms with Gasteiger partial charge in [-0.25, -0.2) is 0 Å². The minimum Gasteiger partial charge on any atom is -0.334 e. The molecule has 1 heterocycles. The molecular weight excluding hydrogens is 236 g/mol. The molecule has 1 aromatic carbocycles. The number of carbonyl (C=O) groups excluding carboxylic acids is 1. The van der Waals surface area contributed by atoms with Gasteiger partial charge in [-0.2, -0.15) is 0 Å². The van der Waals surface area contributed by atoms with E-state index in [1.807, 2.05) is 11.0 Å². The first-order valence-corrected chi connectivity index (χ1v) is 7.20. The van der Waals surface area contributed by atoms with Crippen LogP contribution in [0.4, 0.5) is 0 Å². The molecule has 3 heteroatoms. The topological polar surface area (TPSA) is 46.3 Å². The van der Waals surface area contributed by atoms with Gasteiger partial charge in [0.2, 0.25) is 5.91 Å². The lowest BCUT2D eigenvalue weighted by Gasteiger charge is -2.37. The molecule has 104 valence electrons. The number of nitrogens with two attached hydrogens (primary N) is 1. The molecule has 0 saturated heterocycles. The highest BCUT2D eigenvalue weighted by Gasteiger charge is 2.29. The van der Waals surface area contributed by atoms with E-state index in [0.29, 0.717) is 18.9 Å². The molecule has 1 atom stereocenters. The average Bonchev–Trinajstić information content (AvgIpc) is 2.43. The molecule has 0 radical (unpaired) electrons. The maximum atomic E-state index is 12.4. The number of amides is 1.